The van der Waals surface area contributed by atoms with Crippen LogP contribution in [0, 0.1) is 0 Å². The van der Waals surface area contributed by atoms with E-state index in [4.69, 9.17) is 21.1 Å². The highest BCUT2D eigenvalue weighted by molar-refractivity contribution is 8.01. The quantitative estimate of drug-likeness (QED) is 0.696. The number of carbonyl (C=O) groups excluding carboxylic acids is 2. The van der Waals surface area contributed by atoms with E-state index in [0.717, 1.165) is 33.9 Å². The van der Waals surface area contributed by atoms with E-state index in [2.05, 4.69) is 10.6 Å². The lowest BCUT2D eigenvalue weighted by atomic mass is 10.1. The van der Waals surface area contributed by atoms with Crippen molar-refractivity contribution in [2.24, 2.45) is 0 Å². The molecule has 2 atom stereocenters. The Kier molecular flexibility index (Phi) is 6.11. The van der Waals surface area contributed by atoms with E-state index in [0.29, 0.717) is 23.9 Å². The van der Waals surface area contributed by atoms with Crippen LogP contribution in [-0.2, 0) is 22.6 Å². The van der Waals surface area contributed by atoms with Crippen LogP contribution in [0.3, 0.4) is 0 Å². The van der Waals surface area contributed by atoms with Gasteiger partial charge < -0.3 is 20.1 Å². The molecule has 2 aromatic rings. The molecule has 2 aliphatic rings. The van der Waals surface area contributed by atoms with Crippen molar-refractivity contribution in [1.82, 2.24) is 5.32 Å². The van der Waals surface area contributed by atoms with Crippen molar-refractivity contribution in [3.63, 3.8) is 0 Å². The van der Waals surface area contributed by atoms with E-state index in [9.17, 15) is 9.59 Å². The number of hydrogen-bond donors (Lipinski definition) is 2. The van der Waals surface area contributed by atoms with Gasteiger partial charge in [-0.15, -0.1) is 11.8 Å². The zero-order valence-corrected chi connectivity index (χ0v) is 18.4. The van der Waals surface area contributed by atoms with Crippen LogP contribution in [0.25, 0.3) is 0 Å². The predicted molar refractivity (Wildman–Crippen MR) is 118 cm³/mol. The van der Waals surface area contributed by atoms with Crippen LogP contribution in [0.2, 0.25) is 5.02 Å². The zero-order valence-electron chi connectivity index (χ0n) is 16.8. The lowest BCUT2D eigenvalue weighted by Crippen LogP contribution is -2.34. The summed E-state index contributed by atoms with van der Waals surface area (Å²) in [6, 6.07) is 9.27. The number of amides is 2. The first-order valence-corrected chi connectivity index (χ1v) is 11.2. The van der Waals surface area contributed by atoms with Gasteiger partial charge in [0, 0.05) is 40.4 Å². The minimum Gasteiger partial charge on any atom is -0.494 e. The number of nitrogens with one attached hydrogen (secondary N) is 2. The van der Waals surface area contributed by atoms with Crippen LogP contribution in [-0.4, -0.2) is 29.8 Å². The van der Waals surface area contributed by atoms with Crippen molar-refractivity contribution >= 4 is 40.9 Å². The topological polar surface area (TPSA) is 76.7 Å². The van der Waals surface area contributed by atoms with Crippen molar-refractivity contribution in [3.8, 4) is 11.5 Å². The molecule has 2 heterocycles. The normalized spacial score (nSPS) is 19.4. The second-order valence-corrected chi connectivity index (χ2v) is 9.03. The Hall–Kier alpha value is -2.38. The zero-order chi connectivity index (χ0) is 21.3. The first-order valence-electron chi connectivity index (χ1n) is 9.92. The van der Waals surface area contributed by atoms with Gasteiger partial charge in [-0.1, -0.05) is 11.6 Å². The minimum absolute atomic E-state index is 0.0843. The number of rotatable bonds is 6. The summed E-state index contributed by atoms with van der Waals surface area (Å²) < 4.78 is 11.6. The number of ether oxygens (including phenoxy) is 2. The van der Waals surface area contributed by atoms with E-state index in [1.165, 1.54) is 11.8 Å². The summed E-state index contributed by atoms with van der Waals surface area (Å²) in [6.45, 7) is 4.81. The van der Waals surface area contributed by atoms with Gasteiger partial charge in [0.1, 0.15) is 17.6 Å². The second kappa shape index (κ2) is 8.78. The van der Waals surface area contributed by atoms with Crippen LogP contribution in [0.4, 0.5) is 5.69 Å². The number of benzene rings is 2. The molecule has 0 bridgehead atoms. The van der Waals surface area contributed by atoms with Crippen LogP contribution in [0.5, 0.6) is 11.5 Å². The van der Waals surface area contributed by atoms with Crippen molar-refractivity contribution in [3.05, 3.63) is 46.5 Å². The molecule has 2 amide bonds. The molecule has 4 rings (SSSR count). The molecule has 2 N–H and O–H groups in total. The summed E-state index contributed by atoms with van der Waals surface area (Å²) in [6.07, 6.45) is 1.07. The Bertz CT molecular complexity index is 997. The molecule has 2 aromatic carbocycles. The largest absolute Gasteiger partial charge is 0.494 e. The molecule has 0 saturated heterocycles. The number of fused-ring (bicyclic) bond motifs is 2. The molecule has 158 valence electrons. The Balaban J connectivity index is 1.40. The standard InChI is InChI=1S/C22H23ClN2O4S/c1-3-28-17-7-13-6-12(2)29-18(13)8-14(17)11-24-21(26)10-20-22(27)25-16-9-15(23)4-5-19(16)30-20/h4-5,7-9,12,20H,3,6,10-11H2,1-2H3,(H,24,26)(H,25,27). The van der Waals surface area contributed by atoms with E-state index in [1.807, 2.05) is 32.0 Å². The van der Waals surface area contributed by atoms with E-state index in [-0.39, 0.29) is 24.3 Å². The van der Waals surface area contributed by atoms with Gasteiger partial charge in [-0.2, -0.15) is 0 Å². The minimum atomic E-state index is -0.491. The van der Waals surface area contributed by atoms with Gasteiger partial charge in [0.2, 0.25) is 11.8 Å². The molecule has 0 saturated carbocycles. The van der Waals surface area contributed by atoms with Gasteiger partial charge in [-0.25, -0.2) is 0 Å². The molecule has 0 radical (unpaired) electrons. The average Bonchev–Trinajstić information content (AvgIpc) is 3.06. The number of anilines is 1. The van der Waals surface area contributed by atoms with Crippen molar-refractivity contribution in [2.45, 2.75) is 49.5 Å². The van der Waals surface area contributed by atoms with Crippen molar-refractivity contribution in [2.75, 3.05) is 11.9 Å². The highest BCUT2D eigenvalue weighted by Gasteiger charge is 2.29. The fraction of sp³-hybridized carbons (Fsp3) is 0.364. The highest BCUT2D eigenvalue weighted by atomic mass is 35.5. The van der Waals surface area contributed by atoms with E-state index >= 15 is 0 Å². The molecule has 0 spiro atoms. The predicted octanol–water partition coefficient (Wildman–Crippen LogP) is 4.18. The molecule has 0 aliphatic carbocycles. The SMILES string of the molecule is CCOc1cc2c(cc1CNC(=O)CC1Sc3ccc(Cl)cc3NC1=O)OC(C)C2. The van der Waals surface area contributed by atoms with Crippen molar-refractivity contribution < 1.29 is 19.1 Å². The van der Waals surface area contributed by atoms with E-state index in [1.54, 1.807) is 12.1 Å². The number of carbonyl (C=O) groups is 2. The molecule has 0 fully saturated rings. The summed E-state index contributed by atoms with van der Waals surface area (Å²) in [5.74, 6) is 1.20. The summed E-state index contributed by atoms with van der Waals surface area (Å²) in [5, 5.41) is 5.81. The maximum Gasteiger partial charge on any atom is 0.238 e. The van der Waals surface area contributed by atoms with Gasteiger partial charge in [-0.05, 0) is 44.2 Å². The molecule has 6 nitrogen and oxygen atoms in total. The summed E-state index contributed by atoms with van der Waals surface area (Å²) in [7, 11) is 0. The van der Waals surface area contributed by atoms with Crippen LogP contribution < -0.4 is 20.1 Å². The third-order valence-corrected chi connectivity index (χ3v) is 6.50. The third-order valence-electron chi connectivity index (χ3n) is 4.99. The lowest BCUT2D eigenvalue weighted by Gasteiger charge is -2.24. The Labute approximate surface area is 184 Å². The van der Waals surface area contributed by atoms with Crippen LogP contribution >= 0.6 is 23.4 Å². The molecule has 2 unspecified atom stereocenters. The summed E-state index contributed by atoms with van der Waals surface area (Å²) in [4.78, 5) is 25.8. The third kappa shape index (κ3) is 4.52. The second-order valence-electron chi connectivity index (χ2n) is 7.35. The van der Waals surface area contributed by atoms with Gasteiger partial charge in [0.25, 0.3) is 0 Å². The maximum absolute atomic E-state index is 12.6. The van der Waals surface area contributed by atoms with Gasteiger partial charge in [0.05, 0.1) is 17.5 Å². The molecular weight excluding hydrogens is 424 g/mol. The van der Waals surface area contributed by atoms with Crippen molar-refractivity contribution in [1.29, 1.82) is 0 Å². The lowest BCUT2D eigenvalue weighted by molar-refractivity contribution is -0.124. The Morgan fingerprint density at radius 2 is 2.20 bits per heavy atom. The Morgan fingerprint density at radius 1 is 1.37 bits per heavy atom. The van der Waals surface area contributed by atoms with Crippen LogP contribution in [0.1, 0.15) is 31.4 Å². The van der Waals surface area contributed by atoms with Gasteiger partial charge in [0.15, 0.2) is 0 Å². The van der Waals surface area contributed by atoms with Gasteiger partial charge in [-0.3, -0.25) is 9.59 Å². The van der Waals surface area contributed by atoms with Gasteiger partial charge >= 0.3 is 0 Å². The monoisotopic (exact) mass is 446 g/mol. The average molecular weight is 447 g/mol. The first kappa shape index (κ1) is 20.9. The van der Waals surface area contributed by atoms with E-state index < -0.39 is 5.25 Å². The molecule has 0 aromatic heterocycles. The fourth-order valence-corrected chi connectivity index (χ4v) is 4.86. The number of thioether (sulfide) groups is 1. The maximum atomic E-state index is 12.6. The summed E-state index contributed by atoms with van der Waals surface area (Å²) >= 11 is 7.35. The summed E-state index contributed by atoms with van der Waals surface area (Å²) in [5.41, 5.74) is 2.66. The Morgan fingerprint density at radius 3 is 3.00 bits per heavy atom. The number of hydrogen-bond acceptors (Lipinski definition) is 5. The molecule has 8 heteroatoms. The molecular formula is C22H23ClN2O4S. The van der Waals surface area contributed by atoms with Crippen LogP contribution in [0.15, 0.2) is 35.2 Å². The first-order chi connectivity index (χ1) is 14.4. The smallest absolute Gasteiger partial charge is 0.238 e. The molecule has 2 aliphatic heterocycles. The molecule has 30 heavy (non-hydrogen) atoms. The highest BCUT2D eigenvalue weighted by Crippen LogP contribution is 2.38. The fourth-order valence-electron chi connectivity index (χ4n) is 3.60. The number of halogens is 1.